The summed E-state index contributed by atoms with van der Waals surface area (Å²) >= 11 is 3.44. The Morgan fingerprint density at radius 2 is 1.57 bits per heavy atom. The molecular formula is C22H25BrO5. The third-order valence-electron chi connectivity index (χ3n) is 3.91. The summed E-state index contributed by atoms with van der Waals surface area (Å²) in [4.78, 5) is 24.3. The highest BCUT2D eigenvalue weighted by molar-refractivity contribution is 9.10. The van der Waals surface area contributed by atoms with Gasteiger partial charge in [-0.1, -0.05) is 29.8 Å². The zero-order valence-electron chi connectivity index (χ0n) is 16.7. The van der Waals surface area contributed by atoms with Gasteiger partial charge in [-0.25, -0.2) is 9.59 Å². The van der Waals surface area contributed by atoms with Gasteiger partial charge in [0.05, 0.1) is 12.2 Å². The predicted octanol–water partition coefficient (Wildman–Crippen LogP) is 5.25. The Hall–Kier alpha value is -2.34. The van der Waals surface area contributed by atoms with Crippen molar-refractivity contribution in [2.75, 3.05) is 6.61 Å². The first-order valence-electron chi connectivity index (χ1n) is 9.09. The van der Waals surface area contributed by atoms with Gasteiger partial charge in [0.25, 0.3) is 0 Å². The number of hydrogen-bond donors (Lipinski definition) is 0. The van der Waals surface area contributed by atoms with E-state index in [1.807, 2.05) is 39.8 Å². The van der Waals surface area contributed by atoms with Gasteiger partial charge >= 0.3 is 11.9 Å². The van der Waals surface area contributed by atoms with Crippen LogP contribution in [0.4, 0.5) is 0 Å². The van der Waals surface area contributed by atoms with Crippen LogP contribution in [0.25, 0.3) is 0 Å². The van der Waals surface area contributed by atoms with Crippen LogP contribution in [0.2, 0.25) is 0 Å². The van der Waals surface area contributed by atoms with Gasteiger partial charge in [0.2, 0.25) is 0 Å². The number of esters is 2. The highest BCUT2D eigenvalue weighted by atomic mass is 79.9. The maximum absolute atomic E-state index is 12.4. The number of hydrogen-bond acceptors (Lipinski definition) is 5. The molecule has 0 radical (unpaired) electrons. The van der Waals surface area contributed by atoms with E-state index in [0.29, 0.717) is 23.7 Å². The Morgan fingerprint density at radius 3 is 2.11 bits per heavy atom. The zero-order valence-corrected chi connectivity index (χ0v) is 18.3. The van der Waals surface area contributed by atoms with Crippen LogP contribution in [-0.4, -0.2) is 24.6 Å². The van der Waals surface area contributed by atoms with Crippen LogP contribution in [0.3, 0.4) is 0 Å². The standard InChI is InChI=1S/C22H25BrO5/c1-13(2)12-26-22(25)17-6-8-19(9-7-17)28-21(24)16(5)27-20-14(3)10-18(23)11-15(20)4/h6-11,13,16H,12H2,1-5H3. The molecule has 0 N–H and O–H groups in total. The average Bonchev–Trinajstić information content (AvgIpc) is 2.63. The van der Waals surface area contributed by atoms with Crippen molar-refractivity contribution in [1.29, 1.82) is 0 Å². The van der Waals surface area contributed by atoms with Gasteiger partial charge in [-0.2, -0.15) is 0 Å². The summed E-state index contributed by atoms with van der Waals surface area (Å²) in [7, 11) is 0. The lowest BCUT2D eigenvalue weighted by atomic mass is 10.1. The van der Waals surface area contributed by atoms with Crippen LogP contribution in [0.15, 0.2) is 40.9 Å². The molecule has 0 bridgehead atoms. The Morgan fingerprint density at radius 1 is 1.00 bits per heavy atom. The molecule has 1 unspecified atom stereocenters. The second-order valence-corrected chi connectivity index (χ2v) is 7.98. The molecule has 0 spiro atoms. The third-order valence-corrected chi connectivity index (χ3v) is 4.37. The van der Waals surface area contributed by atoms with Crippen molar-refractivity contribution in [1.82, 2.24) is 0 Å². The molecule has 2 aromatic rings. The monoisotopic (exact) mass is 448 g/mol. The maximum Gasteiger partial charge on any atom is 0.352 e. The van der Waals surface area contributed by atoms with E-state index in [9.17, 15) is 9.59 Å². The normalized spacial score (nSPS) is 11.8. The van der Waals surface area contributed by atoms with Gasteiger partial charge in [0.1, 0.15) is 11.5 Å². The summed E-state index contributed by atoms with van der Waals surface area (Å²) < 4.78 is 17.3. The maximum atomic E-state index is 12.4. The van der Waals surface area contributed by atoms with Crippen molar-refractivity contribution in [2.24, 2.45) is 5.92 Å². The first-order valence-corrected chi connectivity index (χ1v) is 9.89. The van der Waals surface area contributed by atoms with Crippen molar-refractivity contribution in [2.45, 2.75) is 40.7 Å². The molecule has 0 saturated carbocycles. The smallest absolute Gasteiger partial charge is 0.352 e. The number of halogens is 1. The van der Waals surface area contributed by atoms with Gasteiger partial charge < -0.3 is 14.2 Å². The Balaban J connectivity index is 1.98. The molecule has 6 heteroatoms. The number of ether oxygens (including phenoxy) is 3. The molecular weight excluding hydrogens is 424 g/mol. The Labute approximate surface area is 174 Å². The van der Waals surface area contributed by atoms with E-state index in [1.165, 1.54) is 0 Å². The van der Waals surface area contributed by atoms with E-state index in [-0.39, 0.29) is 5.92 Å². The molecule has 1 atom stereocenters. The number of benzene rings is 2. The minimum atomic E-state index is -0.783. The molecule has 0 amide bonds. The summed E-state index contributed by atoms with van der Waals surface area (Å²) in [6, 6.07) is 10.1. The average molecular weight is 449 g/mol. The lowest BCUT2D eigenvalue weighted by Gasteiger charge is -2.17. The summed E-state index contributed by atoms with van der Waals surface area (Å²) in [6.45, 7) is 9.78. The van der Waals surface area contributed by atoms with E-state index in [4.69, 9.17) is 14.2 Å². The van der Waals surface area contributed by atoms with Crippen LogP contribution >= 0.6 is 15.9 Å². The zero-order chi connectivity index (χ0) is 20.8. The molecule has 5 nitrogen and oxygen atoms in total. The fourth-order valence-corrected chi connectivity index (χ4v) is 3.18. The number of aryl methyl sites for hydroxylation is 2. The molecule has 2 rings (SSSR count). The molecule has 0 saturated heterocycles. The van der Waals surface area contributed by atoms with E-state index in [1.54, 1.807) is 31.2 Å². The SMILES string of the molecule is Cc1cc(Br)cc(C)c1OC(C)C(=O)Oc1ccc(C(=O)OCC(C)C)cc1. The molecule has 28 heavy (non-hydrogen) atoms. The van der Waals surface area contributed by atoms with E-state index >= 15 is 0 Å². The predicted molar refractivity (Wildman–Crippen MR) is 111 cm³/mol. The van der Waals surface area contributed by atoms with E-state index in [2.05, 4.69) is 15.9 Å². The van der Waals surface area contributed by atoms with Crippen LogP contribution in [0.1, 0.15) is 42.3 Å². The van der Waals surface area contributed by atoms with Crippen molar-refractivity contribution in [3.8, 4) is 11.5 Å². The van der Waals surface area contributed by atoms with Gasteiger partial charge in [-0.05, 0) is 74.2 Å². The number of carbonyl (C=O) groups excluding carboxylic acids is 2. The second kappa shape index (κ2) is 9.73. The minimum Gasteiger partial charge on any atom is -0.478 e. The molecule has 0 aromatic heterocycles. The molecule has 0 fully saturated rings. The first kappa shape index (κ1) is 22.0. The van der Waals surface area contributed by atoms with Crippen molar-refractivity contribution in [3.05, 3.63) is 57.6 Å². The van der Waals surface area contributed by atoms with Crippen LogP contribution in [-0.2, 0) is 9.53 Å². The number of rotatable bonds is 7. The van der Waals surface area contributed by atoms with Crippen LogP contribution < -0.4 is 9.47 Å². The summed E-state index contributed by atoms with van der Waals surface area (Å²) in [5.41, 5.74) is 2.26. The summed E-state index contributed by atoms with van der Waals surface area (Å²) in [5, 5.41) is 0. The van der Waals surface area contributed by atoms with E-state index in [0.717, 1.165) is 15.6 Å². The third kappa shape index (κ3) is 6.09. The van der Waals surface area contributed by atoms with Gasteiger partial charge in [-0.15, -0.1) is 0 Å². The molecule has 0 heterocycles. The lowest BCUT2D eigenvalue weighted by molar-refractivity contribution is -0.141. The fourth-order valence-electron chi connectivity index (χ4n) is 2.49. The van der Waals surface area contributed by atoms with Crippen LogP contribution in [0.5, 0.6) is 11.5 Å². The van der Waals surface area contributed by atoms with Gasteiger partial charge in [0, 0.05) is 4.47 Å². The largest absolute Gasteiger partial charge is 0.478 e. The van der Waals surface area contributed by atoms with Gasteiger partial charge in [-0.3, -0.25) is 0 Å². The lowest BCUT2D eigenvalue weighted by Crippen LogP contribution is -2.29. The number of carbonyl (C=O) groups is 2. The molecule has 150 valence electrons. The summed E-state index contributed by atoms with van der Waals surface area (Å²) in [6.07, 6.45) is -0.783. The van der Waals surface area contributed by atoms with E-state index < -0.39 is 18.0 Å². The molecule has 0 aliphatic heterocycles. The summed E-state index contributed by atoms with van der Waals surface area (Å²) in [5.74, 6) is 0.353. The van der Waals surface area contributed by atoms with Crippen LogP contribution in [0, 0.1) is 19.8 Å². The first-order chi connectivity index (χ1) is 13.2. The fraction of sp³-hybridized carbons (Fsp3) is 0.364. The Kier molecular flexibility index (Phi) is 7.63. The topological polar surface area (TPSA) is 61.8 Å². The van der Waals surface area contributed by atoms with Crippen molar-refractivity contribution < 1.29 is 23.8 Å². The quantitative estimate of drug-likeness (QED) is 0.427. The second-order valence-electron chi connectivity index (χ2n) is 7.07. The van der Waals surface area contributed by atoms with Gasteiger partial charge in [0.15, 0.2) is 6.10 Å². The van der Waals surface area contributed by atoms with Crippen molar-refractivity contribution >= 4 is 27.9 Å². The minimum absolute atomic E-state index is 0.267. The Bertz CT molecular complexity index is 820. The highest BCUT2D eigenvalue weighted by Crippen LogP contribution is 2.28. The highest BCUT2D eigenvalue weighted by Gasteiger charge is 2.20. The molecule has 0 aliphatic carbocycles. The molecule has 2 aromatic carbocycles. The molecule has 0 aliphatic rings. The van der Waals surface area contributed by atoms with Crippen molar-refractivity contribution in [3.63, 3.8) is 0 Å².